The van der Waals surface area contributed by atoms with Crippen molar-refractivity contribution in [2.24, 2.45) is 20.5 Å². The van der Waals surface area contributed by atoms with Crippen molar-refractivity contribution < 1.29 is 172 Å². The fraction of sp³-hybridized carbons (Fsp3) is 0.0303. The van der Waals surface area contributed by atoms with Crippen LogP contribution < -0.4 is 120 Å². The van der Waals surface area contributed by atoms with E-state index >= 15 is 0 Å². The predicted molar refractivity (Wildman–Crippen MR) is 203 cm³/mol. The Hall–Kier alpha value is -5.21. The van der Waals surface area contributed by atoms with Crippen molar-refractivity contribution in [3.63, 3.8) is 0 Å². The molecule has 67 heavy (non-hydrogen) atoms. The van der Waals surface area contributed by atoms with E-state index in [4.69, 9.17) is 5.73 Å². The summed E-state index contributed by atoms with van der Waals surface area (Å²) in [5.41, 5.74) is -1.62. The molecule has 0 amide bonds. The summed E-state index contributed by atoms with van der Waals surface area (Å²) in [5.74, 6) is -4.83. The van der Waals surface area contributed by atoms with E-state index in [9.17, 15) is 86.8 Å². The Morgan fingerprint density at radius 2 is 0.896 bits per heavy atom. The van der Waals surface area contributed by atoms with Gasteiger partial charge in [0.05, 0.1) is 64.4 Å². The van der Waals surface area contributed by atoms with Crippen LogP contribution in [0.2, 0.25) is 0 Å². The molecule has 34 heteroatoms. The molecule has 1 radical (unpaired) electrons. The predicted octanol–water partition coefficient (Wildman–Crippen LogP) is -5.12. The number of nitro benzene ring substituents is 4. The van der Waals surface area contributed by atoms with Crippen molar-refractivity contribution in [1.29, 1.82) is 0 Å². The molecular weight excluding hydrogens is 1010 g/mol. The Morgan fingerprint density at radius 1 is 0.522 bits per heavy atom. The van der Waals surface area contributed by atoms with E-state index in [0.717, 1.165) is 12.1 Å². The van der Waals surface area contributed by atoms with Crippen molar-refractivity contribution in [3.05, 3.63) is 113 Å². The Morgan fingerprint density at radius 3 is 1.24 bits per heavy atom. The van der Waals surface area contributed by atoms with Crippen LogP contribution in [0.1, 0.15) is 0 Å². The van der Waals surface area contributed by atoms with E-state index < -0.39 is 118 Å². The van der Waals surface area contributed by atoms with Gasteiger partial charge < -0.3 is 40.6 Å². The molecule has 0 fully saturated rings. The zero-order chi connectivity index (χ0) is 46.9. The number of anilines is 2. The Bertz CT molecular complexity index is 3280. The third kappa shape index (κ3) is 13.5. The van der Waals surface area contributed by atoms with E-state index in [1.165, 1.54) is 36.4 Å². The summed E-state index contributed by atoms with van der Waals surface area (Å²) in [5, 5.41) is 110. The number of nitrogens with one attached hydrogen (secondary N) is 1. The van der Waals surface area contributed by atoms with E-state index in [1.807, 2.05) is 0 Å². The normalized spacial score (nSPS) is 11.0. The number of rotatable bonds is 11. The van der Waals surface area contributed by atoms with Crippen LogP contribution >= 0.6 is 0 Å². The zero-order valence-electron chi connectivity index (χ0n) is 34.2. The van der Waals surface area contributed by atoms with Gasteiger partial charge in [0, 0.05) is 42.1 Å². The molecular formula is C33H18CrN10Na3O18S2. The molecule has 0 atom stereocenters. The molecule has 0 aromatic heterocycles. The molecule has 3 N–H and O–H groups in total. The van der Waals surface area contributed by atoms with Gasteiger partial charge in [0.2, 0.25) is 0 Å². The molecule has 0 aliphatic rings. The van der Waals surface area contributed by atoms with Crippen LogP contribution in [0.15, 0.2) is 103 Å². The van der Waals surface area contributed by atoms with Gasteiger partial charge in [-0.05, 0) is 57.9 Å². The Labute approximate surface area is 450 Å². The standard InChI is InChI=1S/C17H13N5O9S.C16H11N5O9S.Cr.3Na/c1-18-9-3-2-8-4-14(32(29,30)31)15(16(23)11(8)5-9)20-19-12-6-10(21(25)26)7-13(17(12)24)22(27)28;17-8-2-1-7-3-13(31(28,29)30)14(15(22)10(7)4-8)19-18-11-5-9(20(24)25)6-12(16(11)23)21(26)27;;;;/h2-7,18,23-24H,1H3,(H,29,30,31);1-6,22-23H,17H2,(H,28,29,30);;;;/q;;+3;3*+1/p-6. The maximum Gasteiger partial charge on any atom is 3.00 e. The molecule has 0 saturated heterocycles. The summed E-state index contributed by atoms with van der Waals surface area (Å²) in [7, 11) is -8.92. The average Bonchev–Trinajstić information content (AvgIpc) is 3.20. The van der Waals surface area contributed by atoms with Gasteiger partial charge >= 0.3 is 106 Å². The zero-order valence-corrected chi connectivity index (χ0v) is 43.1. The first-order valence-corrected chi connectivity index (χ1v) is 19.2. The monoisotopic (exact) mass is 1030 g/mol. The van der Waals surface area contributed by atoms with Crippen LogP contribution in [-0.2, 0) is 37.6 Å². The summed E-state index contributed by atoms with van der Waals surface area (Å²) in [4.78, 5) is 37.4. The van der Waals surface area contributed by atoms with E-state index in [0.29, 0.717) is 30.0 Å². The molecule has 0 aliphatic carbocycles. The minimum absolute atomic E-state index is 0. The van der Waals surface area contributed by atoms with Crippen LogP contribution in [0.5, 0.6) is 23.0 Å². The fourth-order valence-corrected chi connectivity index (χ4v) is 6.69. The number of nitrogen functional groups attached to an aromatic ring is 1. The van der Waals surface area contributed by atoms with E-state index in [1.54, 1.807) is 7.05 Å². The number of hydrogen-bond acceptors (Lipinski definition) is 24. The number of fused-ring (bicyclic) bond motifs is 2. The average molecular weight is 1030 g/mol. The number of hydrogen-bond donors (Lipinski definition) is 2. The molecule has 0 spiro atoms. The first kappa shape index (κ1) is 59.8. The molecule has 0 saturated carbocycles. The van der Waals surface area contributed by atoms with Crippen molar-refractivity contribution in [1.82, 2.24) is 0 Å². The molecule has 329 valence electrons. The number of nitrogens with two attached hydrogens (primary N) is 1. The minimum atomic E-state index is -5.24. The van der Waals surface area contributed by atoms with Gasteiger partial charge in [-0.25, -0.2) is 16.8 Å². The van der Waals surface area contributed by atoms with E-state index in [-0.39, 0.29) is 133 Å². The molecule has 0 aliphatic heterocycles. The number of benzene rings is 6. The molecule has 28 nitrogen and oxygen atoms in total. The minimum Gasteiger partial charge on any atom is -0.871 e. The number of nitrogens with zero attached hydrogens (tertiary/aromatic N) is 8. The summed E-state index contributed by atoms with van der Waals surface area (Å²) >= 11 is 0. The fourth-order valence-electron chi connectivity index (χ4n) is 5.41. The number of nitro groups is 4. The molecule has 0 unspecified atom stereocenters. The van der Waals surface area contributed by atoms with Gasteiger partial charge in [0.1, 0.15) is 20.2 Å². The van der Waals surface area contributed by atoms with Gasteiger partial charge in [-0.3, -0.25) is 40.5 Å². The summed E-state index contributed by atoms with van der Waals surface area (Å²) in [6.45, 7) is 0. The number of non-ortho nitro benzene ring substituents is 2. The van der Waals surface area contributed by atoms with Crippen molar-refractivity contribution >= 4 is 98.7 Å². The van der Waals surface area contributed by atoms with Crippen LogP contribution in [-0.4, -0.2) is 52.7 Å². The van der Waals surface area contributed by atoms with Gasteiger partial charge in [-0.15, -0.1) is 10.2 Å². The van der Waals surface area contributed by atoms with Gasteiger partial charge in [-0.1, -0.05) is 23.6 Å². The molecule has 0 heterocycles. The maximum absolute atomic E-state index is 12.8. The first-order chi connectivity index (χ1) is 29.3. The quantitative estimate of drug-likeness (QED) is 0.0306. The summed E-state index contributed by atoms with van der Waals surface area (Å²) in [6, 6.07) is 11.8. The SMILES string of the molecule is CNc1ccc2cc(S(=O)(=O)[O-])c(N=Nc3cc([N+](=O)[O-])cc([N+](=O)[O-])c3[O-])c([O-])c2c1.Nc1ccc2cc(S(=O)(=O)[O-])c(N=Nc3cc([N+](=O)[O-])cc([N+](=O)[O-])c3[O-])c([O-])c2c1.[Cr+3].[Na+].[Na+].[Na+]. The van der Waals surface area contributed by atoms with E-state index in [2.05, 4.69) is 25.8 Å². The van der Waals surface area contributed by atoms with Crippen molar-refractivity contribution in [3.8, 4) is 23.0 Å². The van der Waals surface area contributed by atoms with Gasteiger partial charge in [0.15, 0.2) is 0 Å². The smallest absolute Gasteiger partial charge is 0.871 e. The molecule has 6 aromatic carbocycles. The summed E-state index contributed by atoms with van der Waals surface area (Å²) in [6.07, 6.45) is 0. The number of azo groups is 2. The van der Waals surface area contributed by atoms with Crippen LogP contribution in [0.4, 0.5) is 56.9 Å². The van der Waals surface area contributed by atoms with Gasteiger partial charge in [0.25, 0.3) is 22.7 Å². The van der Waals surface area contributed by atoms with Crippen molar-refractivity contribution in [2.45, 2.75) is 9.79 Å². The Kier molecular flexibility index (Phi) is 21.1. The maximum atomic E-state index is 12.8. The summed E-state index contributed by atoms with van der Waals surface area (Å²) < 4.78 is 69.9. The second-order valence-corrected chi connectivity index (χ2v) is 14.9. The molecule has 0 bridgehead atoms. The molecule has 6 rings (SSSR count). The van der Waals surface area contributed by atoms with Gasteiger partial charge in [-0.2, -0.15) is 10.2 Å². The Balaban J connectivity index is 0.000000633. The van der Waals surface area contributed by atoms with Crippen LogP contribution in [0.3, 0.4) is 0 Å². The van der Waals surface area contributed by atoms with Crippen LogP contribution in [0.25, 0.3) is 21.5 Å². The molecule has 6 aromatic rings. The largest absolute Gasteiger partial charge is 3.00 e. The third-order valence-electron chi connectivity index (χ3n) is 8.32. The first-order valence-electron chi connectivity index (χ1n) is 16.4. The second kappa shape index (κ2) is 23.7. The van der Waals surface area contributed by atoms with Crippen LogP contribution in [0, 0.1) is 40.5 Å². The third-order valence-corrected chi connectivity index (χ3v) is 10.0. The second-order valence-electron chi connectivity index (χ2n) is 12.2. The van der Waals surface area contributed by atoms with Crippen molar-refractivity contribution in [2.75, 3.05) is 18.1 Å². The topological polar surface area (TPSA) is 467 Å².